The van der Waals surface area contributed by atoms with Crippen LogP contribution in [-0.2, 0) is 26.2 Å². The number of aryl methyl sites for hydroxylation is 2. The molecule has 2 amide bonds. The van der Waals surface area contributed by atoms with Crippen molar-refractivity contribution in [1.82, 2.24) is 24.4 Å². The summed E-state index contributed by atoms with van der Waals surface area (Å²) in [5.41, 5.74) is 7.47. The van der Waals surface area contributed by atoms with E-state index in [-0.39, 0.29) is 46.1 Å². The summed E-state index contributed by atoms with van der Waals surface area (Å²) in [4.78, 5) is 36.0. The number of rotatable bonds is 12. The van der Waals surface area contributed by atoms with Gasteiger partial charge in [0.1, 0.15) is 28.3 Å². The van der Waals surface area contributed by atoms with Crippen LogP contribution in [0.5, 0.6) is 5.75 Å². The number of carbonyl (C=O) groups excluding carboxylic acids is 2. The van der Waals surface area contributed by atoms with E-state index >= 15 is 0 Å². The van der Waals surface area contributed by atoms with Crippen molar-refractivity contribution < 1.29 is 22.7 Å². The van der Waals surface area contributed by atoms with Crippen LogP contribution in [0.4, 0.5) is 0 Å². The van der Waals surface area contributed by atoms with Crippen molar-refractivity contribution in [2.45, 2.75) is 63.6 Å². The van der Waals surface area contributed by atoms with Crippen molar-refractivity contribution in [3.63, 3.8) is 0 Å². The van der Waals surface area contributed by atoms with Crippen LogP contribution in [0, 0.1) is 13.8 Å². The third kappa shape index (κ3) is 8.73. The summed E-state index contributed by atoms with van der Waals surface area (Å²) in [6, 6.07) is 9.71. The molecule has 0 radical (unpaired) electrons. The Kier molecular flexibility index (Phi) is 11.8. The summed E-state index contributed by atoms with van der Waals surface area (Å²) in [5.74, 6) is -0.0614. The Labute approximate surface area is 287 Å². The summed E-state index contributed by atoms with van der Waals surface area (Å²) in [7, 11) is -0.356. The molecule has 1 saturated heterocycles. The predicted molar refractivity (Wildman–Crippen MR) is 185 cm³/mol. The predicted octanol–water partition coefficient (Wildman–Crippen LogP) is 4.13. The molecule has 256 valence electrons. The number of benzene rings is 2. The van der Waals surface area contributed by atoms with E-state index in [1.165, 1.54) is 26.0 Å². The molecule has 0 bridgehead atoms. The van der Waals surface area contributed by atoms with E-state index in [1.807, 2.05) is 51.0 Å². The summed E-state index contributed by atoms with van der Waals surface area (Å²) < 4.78 is 35.9. The molecule has 0 aliphatic carbocycles. The van der Waals surface area contributed by atoms with Gasteiger partial charge in [0.05, 0.1) is 11.1 Å². The second kappa shape index (κ2) is 15.0. The maximum Gasteiger partial charge on any atom is 0.243 e. The molecule has 1 aromatic heterocycles. The molecule has 47 heavy (non-hydrogen) atoms. The van der Waals surface area contributed by atoms with Crippen molar-refractivity contribution in [1.29, 1.82) is 0 Å². The SMILES string of the molecule is Cc1cc(C)c2cccc(OCc3c(Cl)ccc(S(=O)(=O)NC(C)(C)C(=O)N4CCN(C(=O)[C@@H](N)CCCN(C)C)CC4)c3Cl)c2n1. The first-order valence-corrected chi connectivity index (χ1v) is 17.7. The summed E-state index contributed by atoms with van der Waals surface area (Å²) in [5, 5.41) is 1.06. The van der Waals surface area contributed by atoms with Gasteiger partial charge in [-0.15, -0.1) is 0 Å². The standard InChI is InChI=1S/C33H44Cl2N6O5S/c1-21-19-22(2)37-30-23(21)9-7-11-27(30)46-20-24-25(34)12-13-28(29(24)35)47(44,45)38-33(3,4)32(43)41-17-15-40(16-18-41)31(42)26(36)10-8-14-39(5)6/h7,9,11-13,19,26,38H,8,10,14-18,20,36H2,1-6H3/t26-/m0/s1. The van der Waals surface area contributed by atoms with Gasteiger partial charge in [-0.25, -0.2) is 13.4 Å². The number of pyridine rings is 1. The topological polar surface area (TPSA) is 138 Å². The second-order valence-corrected chi connectivity index (χ2v) is 15.2. The van der Waals surface area contributed by atoms with E-state index in [2.05, 4.69) is 9.71 Å². The van der Waals surface area contributed by atoms with Crippen molar-refractivity contribution in [3.05, 3.63) is 63.3 Å². The highest BCUT2D eigenvalue weighted by molar-refractivity contribution is 7.89. The van der Waals surface area contributed by atoms with E-state index in [0.29, 0.717) is 30.8 Å². The van der Waals surface area contributed by atoms with Gasteiger partial charge in [-0.2, -0.15) is 4.72 Å². The zero-order chi connectivity index (χ0) is 34.7. The minimum Gasteiger partial charge on any atom is -0.487 e. The lowest BCUT2D eigenvalue weighted by Gasteiger charge is -2.39. The number of fused-ring (bicyclic) bond motifs is 1. The van der Waals surface area contributed by atoms with Crippen LogP contribution in [0.15, 0.2) is 41.3 Å². The fraction of sp³-hybridized carbons (Fsp3) is 0.485. The number of carbonyl (C=O) groups is 2. The van der Waals surface area contributed by atoms with E-state index in [9.17, 15) is 18.0 Å². The average Bonchev–Trinajstić information content (AvgIpc) is 2.99. The van der Waals surface area contributed by atoms with Gasteiger partial charge in [0.25, 0.3) is 0 Å². The van der Waals surface area contributed by atoms with Crippen LogP contribution < -0.4 is 15.2 Å². The molecule has 2 aromatic carbocycles. The normalized spacial score (nSPS) is 14.9. The lowest BCUT2D eigenvalue weighted by Crippen LogP contribution is -2.61. The summed E-state index contributed by atoms with van der Waals surface area (Å²) in [6.45, 7) is 8.75. The Morgan fingerprint density at radius 2 is 1.74 bits per heavy atom. The molecule has 1 fully saturated rings. The van der Waals surface area contributed by atoms with Gasteiger partial charge >= 0.3 is 0 Å². The zero-order valence-corrected chi connectivity index (χ0v) is 30.1. The Balaban J connectivity index is 1.43. The number of halogens is 2. The van der Waals surface area contributed by atoms with Crippen LogP contribution in [0.3, 0.4) is 0 Å². The Hall–Kier alpha value is -3.00. The minimum atomic E-state index is -4.29. The largest absolute Gasteiger partial charge is 0.487 e. The fourth-order valence-corrected chi connectivity index (χ4v) is 7.94. The fourth-order valence-electron chi connectivity index (χ4n) is 5.68. The number of para-hydroxylation sites is 1. The van der Waals surface area contributed by atoms with Crippen LogP contribution in [-0.4, -0.2) is 98.3 Å². The third-order valence-electron chi connectivity index (χ3n) is 8.19. The summed E-state index contributed by atoms with van der Waals surface area (Å²) >= 11 is 13.1. The number of piperazine rings is 1. The van der Waals surface area contributed by atoms with E-state index in [0.717, 1.165) is 29.6 Å². The Bertz CT molecular complexity index is 1740. The van der Waals surface area contributed by atoms with Gasteiger partial charge in [-0.1, -0.05) is 35.3 Å². The van der Waals surface area contributed by atoms with Gasteiger partial charge in [0.15, 0.2) is 0 Å². The molecular weight excluding hydrogens is 663 g/mol. The molecular formula is C33H44Cl2N6O5S. The van der Waals surface area contributed by atoms with Crippen molar-refractivity contribution >= 4 is 55.9 Å². The molecule has 11 nitrogen and oxygen atoms in total. The highest BCUT2D eigenvalue weighted by Crippen LogP contribution is 2.34. The monoisotopic (exact) mass is 706 g/mol. The van der Waals surface area contributed by atoms with E-state index in [1.54, 1.807) is 15.9 Å². The minimum absolute atomic E-state index is 0.108. The first-order valence-electron chi connectivity index (χ1n) is 15.5. The smallest absolute Gasteiger partial charge is 0.243 e. The molecule has 0 spiro atoms. The molecule has 1 aliphatic heterocycles. The molecule has 1 aliphatic rings. The third-order valence-corrected chi connectivity index (χ3v) is 10.8. The molecule has 2 heterocycles. The number of hydrogen-bond acceptors (Lipinski definition) is 8. The highest BCUT2D eigenvalue weighted by Gasteiger charge is 2.39. The number of amides is 2. The molecule has 4 rings (SSSR count). The van der Waals surface area contributed by atoms with E-state index in [4.69, 9.17) is 33.7 Å². The maximum atomic E-state index is 13.7. The average molecular weight is 708 g/mol. The first-order chi connectivity index (χ1) is 22.0. The molecule has 14 heteroatoms. The lowest BCUT2D eigenvalue weighted by atomic mass is 10.0. The number of nitrogens with zero attached hydrogens (tertiary/aromatic N) is 4. The maximum absolute atomic E-state index is 13.7. The van der Waals surface area contributed by atoms with Crippen LogP contribution in [0.1, 0.15) is 43.5 Å². The van der Waals surface area contributed by atoms with Gasteiger partial charge in [0, 0.05) is 47.8 Å². The van der Waals surface area contributed by atoms with Crippen LogP contribution in [0.2, 0.25) is 10.0 Å². The molecule has 3 aromatic rings. The number of hydrogen-bond donors (Lipinski definition) is 2. The van der Waals surface area contributed by atoms with Crippen molar-refractivity contribution in [3.8, 4) is 5.75 Å². The molecule has 1 atom stereocenters. The number of nitrogens with two attached hydrogens (primary N) is 1. The molecule has 3 N–H and O–H groups in total. The number of sulfonamides is 1. The van der Waals surface area contributed by atoms with Gasteiger partial charge in [-0.05, 0) is 91.0 Å². The van der Waals surface area contributed by atoms with E-state index < -0.39 is 27.5 Å². The first kappa shape index (κ1) is 36.8. The quantitative estimate of drug-likeness (QED) is 0.287. The highest BCUT2D eigenvalue weighted by atomic mass is 35.5. The van der Waals surface area contributed by atoms with Gasteiger partial charge < -0.3 is 25.2 Å². The van der Waals surface area contributed by atoms with Gasteiger partial charge in [0.2, 0.25) is 21.8 Å². The summed E-state index contributed by atoms with van der Waals surface area (Å²) in [6.07, 6.45) is 1.38. The van der Waals surface area contributed by atoms with Crippen molar-refractivity contribution in [2.75, 3.05) is 46.8 Å². The van der Waals surface area contributed by atoms with Crippen LogP contribution in [0.25, 0.3) is 10.9 Å². The zero-order valence-electron chi connectivity index (χ0n) is 27.8. The second-order valence-electron chi connectivity index (χ2n) is 12.8. The Morgan fingerprint density at radius 1 is 1.09 bits per heavy atom. The number of nitrogens with one attached hydrogen (secondary N) is 1. The molecule has 0 unspecified atom stereocenters. The number of aromatic nitrogens is 1. The number of ether oxygens (including phenoxy) is 1. The van der Waals surface area contributed by atoms with Gasteiger partial charge in [-0.3, -0.25) is 9.59 Å². The Morgan fingerprint density at radius 3 is 2.40 bits per heavy atom. The van der Waals surface area contributed by atoms with Crippen LogP contribution >= 0.6 is 23.2 Å². The van der Waals surface area contributed by atoms with Crippen molar-refractivity contribution in [2.24, 2.45) is 5.73 Å². The lowest BCUT2D eigenvalue weighted by molar-refractivity contribution is -0.143. The molecule has 0 saturated carbocycles.